The van der Waals surface area contributed by atoms with Crippen LogP contribution in [0.1, 0.15) is 15.9 Å². The van der Waals surface area contributed by atoms with Gasteiger partial charge in [0.05, 0.1) is 4.92 Å². The van der Waals surface area contributed by atoms with Gasteiger partial charge in [-0.1, -0.05) is 29.8 Å². The molecule has 1 aliphatic rings. The zero-order valence-corrected chi connectivity index (χ0v) is 14.4. The van der Waals surface area contributed by atoms with Crippen molar-refractivity contribution in [3.8, 4) is 0 Å². The molecular formula is C18H18ClN3O3. The van der Waals surface area contributed by atoms with Crippen LogP contribution in [0.2, 0.25) is 5.02 Å². The minimum Gasteiger partial charge on any atom is -0.336 e. The summed E-state index contributed by atoms with van der Waals surface area (Å²) in [5.41, 5.74) is 1.73. The summed E-state index contributed by atoms with van der Waals surface area (Å²) in [4.78, 5) is 26.9. The highest BCUT2D eigenvalue weighted by atomic mass is 35.5. The normalized spacial score (nSPS) is 15.2. The van der Waals surface area contributed by atoms with Gasteiger partial charge in [0.25, 0.3) is 11.6 Å². The van der Waals surface area contributed by atoms with E-state index in [0.29, 0.717) is 23.7 Å². The van der Waals surface area contributed by atoms with Crippen LogP contribution < -0.4 is 0 Å². The molecule has 130 valence electrons. The van der Waals surface area contributed by atoms with Crippen molar-refractivity contribution in [3.05, 3.63) is 74.8 Å². The summed E-state index contributed by atoms with van der Waals surface area (Å²) in [6.45, 7) is 3.56. The molecule has 2 aromatic carbocycles. The molecule has 0 radical (unpaired) electrons. The molecule has 0 spiro atoms. The summed E-state index contributed by atoms with van der Waals surface area (Å²) in [5.74, 6) is -0.00233. The van der Waals surface area contributed by atoms with Gasteiger partial charge in [0.2, 0.25) is 0 Å². The first-order valence-electron chi connectivity index (χ1n) is 8.03. The van der Waals surface area contributed by atoms with Gasteiger partial charge < -0.3 is 4.90 Å². The SMILES string of the molecule is O=C(c1cccc(Cl)c1)N1CCN(Cc2ccc([N+](=O)[O-])cc2)CC1. The van der Waals surface area contributed by atoms with Gasteiger partial charge in [-0.2, -0.15) is 0 Å². The standard InChI is InChI=1S/C18H18ClN3O3/c19-16-3-1-2-15(12-16)18(23)21-10-8-20(9-11-21)13-14-4-6-17(7-5-14)22(24)25/h1-7,12H,8-11,13H2. The van der Waals surface area contributed by atoms with E-state index in [2.05, 4.69) is 4.90 Å². The van der Waals surface area contributed by atoms with E-state index in [1.807, 2.05) is 4.90 Å². The van der Waals surface area contributed by atoms with Crippen molar-refractivity contribution in [2.75, 3.05) is 26.2 Å². The number of carbonyl (C=O) groups excluding carboxylic acids is 1. The first-order chi connectivity index (χ1) is 12.0. The zero-order chi connectivity index (χ0) is 17.8. The Morgan fingerprint density at radius 1 is 1.08 bits per heavy atom. The van der Waals surface area contributed by atoms with Crippen LogP contribution >= 0.6 is 11.6 Å². The third-order valence-electron chi connectivity index (χ3n) is 4.28. The third kappa shape index (κ3) is 4.35. The Balaban J connectivity index is 1.55. The number of halogens is 1. The molecule has 0 N–H and O–H groups in total. The van der Waals surface area contributed by atoms with Gasteiger partial charge in [-0.3, -0.25) is 19.8 Å². The van der Waals surface area contributed by atoms with Crippen molar-refractivity contribution in [2.45, 2.75) is 6.54 Å². The van der Waals surface area contributed by atoms with Crippen molar-refractivity contribution in [1.29, 1.82) is 0 Å². The summed E-state index contributed by atoms with van der Waals surface area (Å²) < 4.78 is 0. The van der Waals surface area contributed by atoms with Gasteiger partial charge in [0.15, 0.2) is 0 Å². The van der Waals surface area contributed by atoms with Crippen LogP contribution in [0.25, 0.3) is 0 Å². The molecule has 7 heteroatoms. The lowest BCUT2D eigenvalue weighted by Crippen LogP contribution is -2.48. The van der Waals surface area contributed by atoms with Gasteiger partial charge in [-0.25, -0.2) is 0 Å². The molecule has 0 atom stereocenters. The number of carbonyl (C=O) groups is 1. The summed E-state index contributed by atoms with van der Waals surface area (Å²) in [6.07, 6.45) is 0. The predicted octanol–water partition coefficient (Wildman–Crippen LogP) is 3.21. The number of non-ortho nitro benzene ring substituents is 1. The summed E-state index contributed by atoms with van der Waals surface area (Å²) in [5, 5.41) is 11.2. The fourth-order valence-electron chi connectivity index (χ4n) is 2.89. The number of nitro groups is 1. The van der Waals surface area contributed by atoms with Crippen molar-refractivity contribution >= 4 is 23.2 Å². The fraction of sp³-hybridized carbons (Fsp3) is 0.278. The smallest absolute Gasteiger partial charge is 0.269 e. The Hall–Kier alpha value is -2.44. The quantitative estimate of drug-likeness (QED) is 0.621. The Kier molecular flexibility index (Phi) is 5.31. The van der Waals surface area contributed by atoms with Gasteiger partial charge in [0.1, 0.15) is 0 Å². The molecule has 0 aliphatic carbocycles. The number of amides is 1. The van der Waals surface area contributed by atoms with Gasteiger partial charge in [0, 0.05) is 55.4 Å². The van der Waals surface area contributed by atoms with Crippen LogP contribution in [0.5, 0.6) is 0 Å². The van der Waals surface area contributed by atoms with E-state index in [0.717, 1.165) is 25.2 Å². The Labute approximate surface area is 150 Å². The molecule has 1 amide bonds. The predicted molar refractivity (Wildman–Crippen MR) is 95.7 cm³/mol. The van der Waals surface area contributed by atoms with Crippen molar-refractivity contribution < 1.29 is 9.72 Å². The summed E-state index contributed by atoms with van der Waals surface area (Å²) >= 11 is 5.95. The maximum absolute atomic E-state index is 12.5. The van der Waals surface area contributed by atoms with Crippen LogP contribution in [-0.4, -0.2) is 46.8 Å². The minimum atomic E-state index is -0.399. The second-order valence-corrected chi connectivity index (χ2v) is 6.44. The lowest BCUT2D eigenvalue weighted by atomic mass is 10.1. The van der Waals surface area contributed by atoms with Crippen LogP contribution in [0, 0.1) is 10.1 Å². The molecule has 0 saturated carbocycles. The molecule has 6 nitrogen and oxygen atoms in total. The monoisotopic (exact) mass is 359 g/mol. The molecule has 2 aromatic rings. The maximum atomic E-state index is 12.5. The fourth-order valence-corrected chi connectivity index (χ4v) is 3.08. The van der Waals surface area contributed by atoms with Crippen LogP contribution in [0.15, 0.2) is 48.5 Å². The molecule has 1 heterocycles. The van der Waals surface area contributed by atoms with Crippen LogP contribution in [0.4, 0.5) is 5.69 Å². The highest BCUT2D eigenvalue weighted by Gasteiger charge is 2.22. The van der Waals surface area contributed by atoms with E-state index in [4.69, 9.17) is 11.6 Å². The number of hydrogen-bond donors (Lipinski definition) is 0. The molecule has 0 unspecified atom stereocenters. The minimum absolute atomic E-state index is 0.00233. The molecule has 1 saturated heterocycles. The zero-order valence-electron chi connectivity index (χ0n) is 13.6. The van der Waals surface area contributed by atoms with E-state index >= 15 is 0 Å². The molecule has 0 bridgehead atoms. The van der Waals surface area contributed by atoms with Crippen molar-refractivity contribution in [3.63, 3.8) is 0 Å². The topological polar surface area (TPSA) is 66.7 Å². The molecule has 1 fully saturated rings. The van der Waals surface area contributed by atoms with Gasteiger partial charge in [-0.05, 0) is 23.8 Å². The highest BCUT2D eigenvalue weighted by molar-refractivity contribution is 6.30. The summed E-state index contributed by atoms with van der Waals surface area (Å²) in [7, 11) is 0. The number of rotatable bonds is 4. The van der Waals surface area contributed by atoms with Crippen LogP contribution in [0.3, 0.4) is 0 Å². The molecule has 3 rings (SSSR count). The first kappa shape index (κ1) is 17.4. The van der Waals surface area contributed by atoms with Crippen molar-refractivity contribution in [1.82, 2.24) is 9.80 Å². The Bertz CT molecular complexity index is 771. The molecular weight excluding hydrogens is 342 g/mol. The van der Waals surface area contributed by atoms with Gasteiger partial charge in [-0.15, -0.1) is 0 Å². The largest absolute Gasteiger partial charge is 0.336 e. The molecule has 0 aromatic heterocycles. The van der Waals surface area contributed by atoms with E-state index in [-0.39, 0.29) is 11.6 Å². The van der Waals surface area contributed by atoms with Crippen LogP contribution in [-0.2, 0) is 6.54 Å². The van der Waals surface area contributed by atoms with E-state index < -0.39 is 4.92 Å². The highest BCUT2D eigenvalue weighted by Crippen LogP contribution is 2.16. The van der Waals surface area contributed by atoms with E-state index in [1.54, 1.807) is 36.4 Å². The van der Waals surface area contributed by atoms with Gasteiger partial charge >= 0.3 is 0 Å². The van der Waals surface area contributed by atoms with E-state index in [9.17, 15) is 14.9 Å². The maximum Gasteiger partial charge on any atom is 0.269 e. The Morgan fingerprint density at radius 2 is 1.76 bits per heavy atom. The molecule has 1 aliphatic heterocycles. The number of benzene rings is 2. The Morgan fingerprint density at radius 3 is 2.36 bits per heavy atom. The van der Waals surface area contributed by atoms with E-state index in [1.165, 1.54) is 12.1 Å². The number of nitrogens with zero attached hydrogens (tertiary/aromatic N) is 3. The van der Waals surface area contributed by atoms with Crippen molar-refractivity contribution in [2.24, 2.45) is 0 Å². The summed E-state index contributed by atoms with van der Waals surface area (Å²) in [6, 6.07) is 13.6. The number of nitro benzene ring substituents is 1. The average Bonchev–Trinajstić information content (AvgIpc) is 2.62. The average molecular weight is 360 g/mol. The lowest BCUT2D eigenvalue weighted by molar-refractivity contribution is -0.384. The first-order valence-corrected chi connectivity index (χ1v) is 8.41. The lowest BCUT2D eigenvalue weighted by Gasteiger charge is -2.34. The number of piperazine rings is 1. The third-order valence-corrected chi connectivity index (χ3v) is 4.52. The number of hydrogen-bond acceptors (Lipinski definition) is 4. The second kappa shape index (κ2) is 7.63. The molecule has 25 heavy (non-hydrogen) atoms. The second-order valence-electron chi connectivity index (χ2n) is 6.00.